The van der Waals surface area contributed by atoms with Gasteiger partial charge in [0.05, 0.1) is 4.90 Å². The van der Waals surface area contributed by atoms with Gasteiger partial charge in [-0.1, -0.05) is 62.4 Å². The molecular formula is C23H25FN2O3S. The van der Waals surface area contributed by atoms with Gasteiger partial charge in [-0.05, 0) is 34.5 Å². The molecule has 30 heavy (non-hydrogen) atoms. The Hall–Kier alpha value is -2.77. The van der Waals surface area contributed by atoms with Crippen LogP contribution in [0.5, 0.6) is 0 Å². The van der Waals surface area contributed by atoms with Gasteiger partial charge in [0, 0.05) is 24.9 Å². The molecular weight excluding hydrogens is 403 g/mol. The molecule has 0 aromatic heterocycles. The molecule has 7 heteroatoms. The van der Waals surface area contributed by atoms with E-state index in [0.717, 1.165) is 10.8 Å². The molecule has 0 saturated heterocycles. The first-order valence-electron chi connectivity index (χ1n) is 9.69. The zero-order chi connectivity index (χ0) is 21.8. The van der Waals surface area contributed by atoms with Crippen LogP contribution in [0.4, 0.5) is 4.39 Å². The van der Waals surface area contributed by atoms with Crippen molar-refractivity contribution in [3.8, 4) is 0 Å². The first-order chi connectivity index (χ1) is 14.2. The summed E-state index contributed by atoms with van der Waals surface area (Å²) in [6.45, 7) is 3.90. The molecule has 0 spiro atoms. The molecule has 0 aliphatic heterocycles. The van der Waals surface area contributed by atoms with E-state index in [-0.39, 0.29) is 36.1 Å². The van der Waals surface area contributed by atoms with Crippen LogP contribution in [-0.4, -0.2) is 27.4 Å². The van der Waals surface area contributed by atoms with E-state index >= 15 is 0 Å². The number of nitrogens with one attached hydrogen (secondary N) is 2. The average molecular weight is 429 g/mol. The lowest BCUT2D eigenvalue weighted by Crippen LogP contribution is -2.38. The predicted octanol–water partition coefficient (Wildman–Crippen LogP) is 3.74. The van der Waals surface area contributed by atoms with Crippen LogP contribution in [0.25, 0.3) is 10.8 Å². The Bertz CT molecular complexity index is 1160. The quantitative estimate of drug-likeness (QED) is 0.574. The Labute approximate surface area is 176 Å². The maximum absolute atomic E-state index is 14.0. The fourth-order valence-electron chi connectivity index (χ4n) is 3.23. The number of hydrogen-bond acceptors (Lipinski definition) is 3. The molecule has 0 fully saturated rings. The molecule has 0 heterocycles. The largest absolute Gasteiger partial charge is 0.355 e. The molecule has 3 rings (SSSR count). The van der Waals surface area contributed by atoms with Gasteiger partial charge >= 0.3 is 0 Å². The lowest BCUT2D eigenvalue weighted by Gasteiger charge is -2.26. The van der Waals surface area contributed by atoms with Crippen LogP contribution >= 0.6 is 0 Å². The maximum atomic E-state index is 14.0. The van der Waals surface area contributed by atoms with Crippen LogP contribution in [0.15, 0.2) is 71.6 Å². The Kier molecular flexibility index (Phi) is 6.53. The monoisotopic (exact) mass is 428 g/mol. The highest BCUT2D eigenvalue weighted by molar-refractivity contribution is 7.89. The summed E-state index contributed by atoms with van der Waals surface area (Å²) >= 11 is 0. The Morgan fingerprint density at radius 2 is 1.63 bits per heavy atom. The number of halogens is 1. The molecule has 0 radical (unpaired) electrons. The lowest BCUT2D eigenvalue weighted by atomic mass is 9.84. The van der Waals surface area contributed by atoms with E-state index in [2.05, 4.69) is 10.0 Å². The molecule has 2 N–H and O–H groups in total. The molecule has 0 bridgehead atoms. The minimum atomic E-state index is -3.72. The molecule has 158 valence electrons. The Morgan fingerprint density at radius 1 is 0.967 bits per heavy atom. The number of fused-ring (bicyclic) bond motifs is 1. The van der Waals surface area contributed by atoms with Gasteiger partial charge in [0.2, 0.25) is 15.9 Å². The standard InChI is InChI=1S/C23H25FN2O3S/c1-23(2,20-9-5-6-10-21(20)24)16-25-22(27)13-14-26-30(28,29)19-12-11-17-7-3-4-8-18(17)15-19/h3-12,15,26H,13-14,16H2,1-2H3,(H,25,27). The molecule has 3 aromatic carbocycles. The highest BCUT2D eigenvalue weighted by Gasteiger charge is 2.24. The maximum Gasteiger partial charge on any atom is 0.240 e. The molecule has 0 atom stereocenters. The van der Waals surface area contributed by atoms with Gasteiger partial charge < -0.3 is 5.32 Å². The van der Waals surface area contributed by atoms with Crippen molar-refractivity contribution in [1.82, 2.24) is 10.0 Å². The van der Waals surface area contributed by atoms with Crippen molar-refractivity contribution in [2.24, 2.45) is 0 Å². The van der Waals surface area contributed by atoms with Gasteiger partial charge in [0.1, 0.15) is 5.82 Å². The van der Waals surface area contributed by atoms with Crippen LogP contribution in [0.1, 0.15) is 25.8 Å². The summed E-state index contributed by atoms with van der Waals surface area (Å²) < 4.78 is 41.5. The summed E-state index contributed by atoms with van der Waals surface area (Å²) in [7, 11) is -3.72. The molecule has 5 nitrogen and oxygen atoms in total. The highest BCUT2D eigenvalue weighted by atomic mass is 32.2. The van der Waals surface area contributed by atoms with E-state index in [9.17, 15) is 17.6 Å². The van der Waals surface area contributed by atoms with Gasteiger partial charge in [0.15, 0.2) is 0 Å². The topological polar surface area (TPSA) is 75.3 Å². The van der Waals surface area contributed by atoms with Crippen molar-refractivity contribution in [2.45, 2.75) is 30.6 Å². The van der Waals surface area contributed by atoms with Crippen LogP contribution in [0.3, 0.4) is 0 Å². The zero-order valence-corrected chi connectivity index (χ0v) is 17.8. The van der Waals surface area contributed by atoms with E-state index in [1.807, 2.05) is 38.1 Å². The van der Waals surface area contributed by atoms with Crippen molar-refractivity contribution >= 4 is 26.7 Å². The van der Waals surface area contributed by atoms with Crippen LogP contribution < -0.4 is 10.0 Å². The minimum Gasteiger partial charge on any atom is -0.355 e. The van der Waals surface area contributed by atoms with Crippen LogP contribution in [0.2, 0.25) is 0 Å². The third kappa shape index (κ3) is 5.23. The average Bonchev–Trinajstić information content (AvgIpc) is 2.72. The van der Waals surface area contributed by atoms with Crippen LogP contribution in [-0.2, 0) is 20.2 Å². The molecule has 0 aliphatic rings. The summed E-state index contributed by atoms with van der Waals surface area (Å²) in [6, 6.07) is 18.8. The number of sulfonamides is 1. The summed E-state index contributed by atoms with van der Waals surface area (Å²) in [4.78, 5) is 12.3. The van der Waals surface area contributed by atoms with Gasteiger partial charge in [-0.15, -0.1) is 0 Å². The molecule has 0 unspecified atom stereocenters. The molecule has 0 saturated carbocycles. The summed E-state index contributed by atoms with van der Waals surface area (Å²) in [5.41, 5.74) is -0.0756. The summed E-state index contributed by atoms with van der Waals surface area (Å²) in [5.74, 6) is -0.625. The van der Waals surface area contributed by atoms with Gasteiger partial charge in [-0.25, -0.2) is 17.5 Å². The van der Waals surface area contributed by atoms with Crippen molar-refractivity contribution in [3.05, 3.63) is 78.1 Å². The van der Waals surface area contributed by atoms with E-state index in [1.165, 1.54) is 6.07 Å². The van der Waals surface area contributed by atoms with Gasteiger partial charge in [-0.3, -0.25) is 4.79 Å². The fraction of sp³-hybridized carbons (Fsp3) is 0.261. The molecule has 1 amide bonds. The third-order valence-corrected chi connectivity index (χ3v) is 6.46. The summed E-state index contributed by atoms with van der Waals surface area (Å²) in [6.07, 6.45) is -0.0137. The normalized spacial score (nSPS) is 12.1. The number of carbonyl (C=O) groups is 1. The summed E-state index contributed by atoms with van der Waals surface area (Å²) in [5, 5.41) is 4.54. The van der Waals surface area contributed by atoms with Gasteiger partial charge in [-0.2, -0.15) is 0 Å². The number of carbonyl (C=O) groups excluding carboxylic acids is 1. The van der Waals surface area contributed by atoms with Crippen molar-refractivity contribution < 1.29 is 17.6 Å². The van der Waals surface area contributed by atoms with E-state index in [1.54, 1.807) is 36.4 Å². The number of amides is 1. The van der Waals surface area contributed by atoms with Crippen molar-refractivity contribution in [1.29, 1.82) is 0 Å². The third-order valence-electron chi connectivity index (χ3n) is 5.01. The second-order valence-electron chi connectivity index (χ2n) is 7.80. The van der Waals surface area contributed by atoms with Crippen molar-refractivity contribution in [2.75, 3.05) is 13.1 Å². The SMILES string of the molecule is CC(C)(CNC(=O)CCNS(=O)(=O)c1ccc2ccccc2c1)c1ccccc1F. The number of hydrogen-bond donors (Lipinski definition) is 2. The lowest BCUT2D eigenvalue weighted by molar-refractivity contribution is -0.121. The van der Waals surface area contributed by atoms with Gasteiger partial charge in [0.25, 0.3) is 0 Å². The van der Waals surface area contributed by atoms with Crippen molar-refractivity contribution in [3.63, 3.8) is 0 Å². The smallest absolute Gasteiger partial charge is 0.240 e. The molecule has 3 aromatic rings. The Balaban J connectivity index is 1.53. The second-order valence-corrected chi connectivity index (χ2v) is 9.56. The minimum absolute atomic E-state index is 0.0137. The first-order valence-corrected chi connectivity index (χ1v) is 11.2. The zero-order valence-electron chi connectivity index (χ0n) is 17.0. The highest BCUT2D eigenvalue weighted by Crippen LogP contribution is 2.24. The second kappa shape index (κ2) is 8.93. The first kappa shape index (κ1) is 21.9. The predicted molar refractivity (Wildman–Crippen MR) is 116 cm³/mol. The van der Waals surface area contributed by atoms with Crippen LogP contribution in [0, 0.1) is 5.82 Å². The van der Waals surface area contributed by atoms with E-state index in [4.69, 9.17) is 0 Å². The molecule has 0 aliphatic carbocycles. The van der Waals surface area contributed by atoms with E-state index in [0.29, 0.717) is 5.56 Å². The number of rotatable bonds is 8. The fourth-order valence-corrected chi connectivity index (χ4v) is 4.30. The Morgan fingerprint density at radius 3 is 2.37 bits per heavy atom. The van der Waals surface area contributed by atoms with E-state index < -0.39 is 15.4 Å². The number of benzene rings is 3.